The van der Waals surface area contributed by atoms with Crippen LogP contribution in [0.2, 0.25) is 0 Å². The molecule has 1 heterocycles. The smallest absolute Gasteiger partial charge is 0.264 e. The number of sulfonamides is 1. The van der Waals surface area contributed by atoms with Crippen LogP contribution in [0.5, 0.6) is 0 Å². The van der Waals surface area contributed by atoms with Crippen molar-refractivity contribution in [2.75, 3.05) is 17.4 Å². The summed E-state index contributed by atoms with van der Waals surface area (Å²) in [5.74, 6) is -0.561. The largest absolute Gasteiger partial charge is 0.352 e. The van der Waals surface area contributed by atoms with E-state index in [0.717, 1.165) is 11.1 Å². The zero-order valence-corrected chi connectivity index (χ0v) is 20.9. The van der Waals surface area contributed by atoms with Crippen molar-refractivity contribution in [1.82, 2.24) is 10.6 Å². The first-order valence-corrected chi connectivity index (χ1v) is 13.2. The summed E-state index contributed by atoms with van der Waals surface area (Å²) in [5.41, 5.74) is 3.96. The van der Waals surface area contributed by atoms with Crippen molar-refractivity contribution in [3.8, 4) is 0 Å². The molecule has 0 aliphatic carbocycles. The number of nitrogens with one attached hydrogen (secondary N) is 2. The third-order valence-electron chi connectivity index (χ3n) is 6.19. The average Bonchev–Trinajstić information content (AvgIpc) is 2.88. The summed E-state index contributed by atoms with van der Waals surface area (Å²) < 4.78 is 28.3. The van der Waals surface area contributed by atoms with Gasteiger partial charge in [0.1, 0.15) is 0 Å². The summed E-state index contributed by atoms with van der Waals surface area (Å²) in [6, 6.07) is 20.9. The van der Waals surface area contributed by atoms with Crippen molar-refractivity contribution in [3.63, 3.8) is 0 Å². The molecule has 7 nitrogen and oxygen atoms in total. The van der Waals surface area contributed by atoms with Gasteiger partial charge in [0.05, 0.1) is 16.6 Å². The molecule has 1 unspecified atom stereocenters. The molecule has 1 atom stereocenters. The van der Waals surface area contributed by atoms with Gasteiger partial charge in [0.2, 0.25) is 5.91 Å². The van der Waals surface area contributed by atoms with Gasteiger partial charge in [0.15, 0.2) is 0 Å². The Balaban J connectivity index is 1.46. The van der Waals surface area contributed by atoms with Gasteiger partial charge in [-0.15, -0.1) is 0 Å². The zero-order chi connectivity index (χ0) is 25.7. The lowest BCUT2D eigenvalue weighted by Crippen LogP contribution is -2.40. The number of hydrogen-bond acceptors (Lipinski definition) is 4. The highest BCUT2D eigenvalue weighted by Gasteiger charge is 2.33. The summed E-state index contributed by atoms with van der Waals surface area (Å²) in [6.07, 6.45) is 2.34. The summed E-state index contributed by atoms with van der Waals surface area (Å²) in [4.78, 5) is 24.5. The number of fused-ring (bicyclic) bond motifs is 1. The third kappa shape index (κ3) is 5.49. The van der Waals surface area contributed by atoms with Crippen LogP contribution in [0.4, 0.5) is 5.69 Å². The minimum atomic E-state index is -3.86. The fourth-order valence-corrected chi connectivity index (χ4v) is 5.86. The molecule has 3 aromatic rings. The Morgan fingerprint density at radius 2 is 1.81 bits per heavy atom. The van der Waals surface area contributed by atoms with Gasteiger partial charge in [-0.2, -0.15) is 0 Å². The van der Waals surface area contributed by atoms with Crippen LogP contribution >= 0.6 is 0 Å². The van der Waals surface area contributed by atoms with Crippen LogP contribution in [0, 0.1) is 6.92 Å². The van der Waals surface area contributed by atoms with Gasteiger partial charge in [0, 0.05) is 18.7 Å². The molecule has 4 rings (SSSR count). The van der Waals surface area contributed by atoms with E-state index in [1.807, 2.05) is 37.3 Å². The number of nitrogens with zero attached hydrogens (tertiary/aromatic N) is 1. The lowest BCUT2D eigenvalue weighted by Gasteiger charge is -2.35. The number of hydrogen-bond donors (Lipinski definition) is 2. The first kappa shape index (κ1) is 25.2. The Bertz CT molecular complexity index is 1380. The van der Waals surface area contributed by atoms with Crippen molar-refractivity contribution in [1.29, 1.82) is 0 Å². The van der Waals surface area contributed by atoms with Crippen molar-refractivity contribution in [3.05, 3.63) is 108 Å². The molecule has 8 heteroatoms. The first-order valence-electron chi connectivity index (χ1n) is 11.8. The molecular weight excluding hydrogens is 474 g/mol. The average molecular weight is 504 g/mol. The SMILES string of the molecule is C=CC(=O)NC1CCN(S(=O)(=O)c2ccc(C(=O)NCCc3cccc(C)c3)cc2)c2ccccc21. The van der Waals surface area contributed by atoms with E-state index in [1.165, 1.54) is 40.2 Å². The monoisotopic (exact) mass is 503 g/mol. The number of benzene rings is 3. The summed E-state index contributed by atoms with van der Waals surface area (Å²) >= 11 is 0. The zero-order valence-electron chi connectivity index (χ0n) is 20.1. The highest BCUT2D eigenvalue weighted by atomic mass is 32.2. The van der Waals surface area contributed by atoms with E-state index in [2.05, 4.69) is 23.3 Å². The molecule has 0 saturated carbocycles. The van der Waals surface area contributed by atoms with Gasteiger partial charge in [-0.1, -0.05) is 54.6 Å². The Morgan fingerprint density at radius 3 is 2.53 bits per heavy atom. The summed E-state index contributed by atoms with van der Waals surface area (Å²) in [7, 11) is -3.86. The molecule has 0 radical (unpaired) electrons. The van der Waals surface area contributed by atoms with Crippen LogP contribution in [0.3, 0.4) is 0 Å². The Kier molecular flexibility index (Phi) is 7.55. The van der Waals surface area contributed by atoms with Crippen LogP contribution in [0.15, 0.2) is 90.3 Å². The van der Waals surface area contributed by atoms with Crippen molar-refractivity contribution in [2.24, 2.45) is 0 Å². The van der Waals surface area contributed by atoms with Gasteiger partial charge in [-0.25, -0.2) is 8.42 Å². The normalized spacial score (nSPS) is 15.0. The van der Waals surface area contributed by atoms with Gasteiger partial charge < -0.3 is 10.6 Å². The topological polar surface area (TPSA) is 95.6 Å². The van der Waals surface area contributed by atoms with Crippen molar-refractivity contribution >= 4 is 27.5 Å². The lowest BCUT2D eigenvalue weighted by molar-refractivity contribution is -0.117. The van der Waals surface area contributed by atoms with E-state index in [1.54, 1.807) is 12.1 Å². The molecular formula is C28H29N3O4S. The number of aryl methyl sites for hydroxylation is 1. The number of rotatable bonds is 8. The summed E-state index contributed by atoms with van der Waals surface area (Å²) in [5, 5.41) is 5.75. The highest BCUT2D eigenvalue weighted by Crippen LogP contribution is 2.37. The lowest BCUT2D eigenvalue weighted by atomic mass is 9.98. The Labute approximate surface area is 211 Å². The number of amides is 2. The Morgan fingerprint density at radius 1 is 1.06 bits per heavy atom. The maximum absolute atomic E-state index is 13.5. The van der Waals surface area contributed by atoms with Crippen LogP contribution < -0.4 is 14.9 Å². The molecule has 2 amide bonds. The molecule has 1 aliphatic heterocycles. The molecule has 0 aromatic heterocycles. The van der Waals surface area contributed by atoms with E-state index in [0.29, 0.717) is 30.6 Å². The standard InChI is InChI=1S/C28H29N3O4S/c1-3-27(32)30-25-16-18-31(26-10-5-4-9-24(25)26)36(34,35)23-13-11-22(12-14-23)28(33)29-17-15-21-8-6-7-20(2)19-21/h3-14,19,25H,1,15-18H2,2H3,(H,29,33)(H,30,32). The van der Waals surface area contributed by atoms with E-state index >= 15 is 0 Å². The van der Waals surface area contributed by atoms with Crippen LogP contribution in [0.1, 0.15) is 39.5 Å². The molecule has 0 fully saturated rings. The highest BCUT2D eigenvalue weighted by molar-refractivity contribution is 7.92. The molecule has 3 aromatic carbocycles. The molecule has 0 spiro atoms. The molecule has 0 saturated heterocycles. The second-order valence-corrected chi connectivity index (χ2v) is 10.6. The van der Waals surface area contributed by atoms with Crippen molar-refractivity contribution < 1.29 is 18.0 Å². The van der Waals surface area contributed by atoms with Crippen molar-refractivity contribution in [2.45, 2.75) is 30.7 Å². The van der Waals surface area contributed by atoms with Crippen LogP contribution in [-0.4, -0.2) is 33.3 Å². The molecule has 36 heavy (non-hydrogen) atoms. The number of anilines is 1. The minimum Gasteiger partial charge on any atom is -0.352 e. The Hall–Kier alpha value is -3.91. The van der Waals surface area contributed by atoms with Gasteiger partial charge >= 0.3 is 0 Å². The van der Waals surface area contributed by atoms with Gasteiger partial charge in [-0.05, 0) is 67.3 Å². The minimum absolute atomic E-state index is 0.0993. The van der Waals surface area contributed by atoms with Gasteiger partial charge in [0.25, 0.3) is 15.9 Å². The fourth-order valence-electron chi connectivity index (χ4n) is 4.36. The number of carbonyl (C=O) groups excluding carboxylic acids is 2. The number of carbonyl (C=O) groups is 2. The summed E-state index contributed by atoms with van der Waals surface area (Å²) in [6.45, 7) is 6.20. The molecule has 186 valence electrons. The first-order chi connectivity index (χ1) is 17.3. The molecule has 1 aliphatic rings. The fraction of sp³-hybridized carbons (Fsp3) is 0.214. The predicted molar refractivity (Wildman–Crippen MR) is 140 cm³/mol. The molecule has 2 N–H and O–H groups in total. The third-order valence-corrected chi connectivity index (χ3v) is 8.02. The maximum Gasteiger partial charge on any atom is 0.264 e. The second-order valence-electron chi connectivity index (χ2n) is 8.71. The van der Waals surface area contributed by atoms with Gasteiger partial charge in [-0.3, -0.25) is 13.9 Å². The quantitative estimate of drug-likeness (QED) is 0.456. The van der Waals surface area contributed by atoms with E-state index in [4.69, 9.17) is 0 Å². The van der Waals surface area contributed by atoms with Crippen LogP contribution in [0.25, 0.3) is 0 Å². The predicted octanol–water partition coefficient (Wildman–Crippen LogP) is 3.91. The maximum atomic E-state index is 13.5. The second kappa shape index (κ2) is 10.8. The van der Waals surface area contributed by atoms with E-state index in [9.17, 15) is 18.0 Å². The number of para-hydroxylation sites is 1. The van der Waals surface area contributed by atoms with Crippen LogP contribution in [-0.2, 0) is 21.2 Å². The van der Waals surface area contributed by atoms with E-state index in [-0.39, 0.29) is 29.3 Å². The molecule has 0 bridgehead atoms. The van der Waals surface area contributed by atoms with E-state index < -0.39 is 10.0 Å².